The number of carbonyl (C=O) groups excluding carboxylic acids is 2. The highest BCUT2D eigenvalue weighted by molar-refractivity contribution is 6.30. The lowest BCUT2D eigenvalue weighted by Gasteiger charge is -2.34. The molecule has 0 spiro atoms. The van der Waals surface area contributed by atoms with E-state index in [4.69, 9.17) is 11.6 Å². The van der Waals surface area contributed by atoms with Crippen molar-refractivity contribution in [3.63, 3.8) is 0 Å². The SMILES string of the molecule is O=C(CC1C(=O)NCCN1Cc1ccc(F)cc1)NCCc1ccc(Cl)cc1. The van der Waals surface area contributed by atoms with Gasteiger partial charge >= 0.3 is 0 Å². The summed E-state index contributed by atoms with van der Waals surface area (Å²) in [6.45, 7) is 2.17. The average molecular weight is 404 g/mol. The van der Waals surface area contributed by atoms with Gasteiger partial charge in [-0.3, -0.25) is 14.5 Å². The molecule has 28 heavy (non-hydrogen) atoms. The van der Waals surface area contributed by atoms with Crippen LogP contribution < -0.4 is 10.6 Å². The molecule has 1 saturated heterocycles. The van der Waals surface area contributed by atoms with Crippen LogP contribution in [0.5, 0.6) is 0 Å². The zero-order valence-electron chi connectivity index (χ0n) is 15.5. The number of hydrogen-bond acceptors (Lipinski definition) is 3. The van der Waals surface area contributed by atoms with Gasteiger partial charge in [-0.1, -0.05) is 35.9 Å². The Morgan fingerprint density at radius 3 is 2.54 bits per heavy atom. The summed E-state index contributed by atoms with van der Waals surface area (Å²) < 4.78 is 13.1. The van der Waals surface area contributed by atoms with Crippen molar-refractivity contribution in [2.45, 2.75) is 25.4 Å². The van der Waals surface area contributed by atoms with Gasteiger partial charge in [-0.25, -0.2) is 4.39 Å². The van der Waals surface area contributed by atoms with Gasteiger partial charge in [0.25, 0.3) is 0 Å². The smallest absolute Gasteiger partial charge is 0.237 e. The molecule has 2 aromatic rings. The second-order valence-corrected chi connectivity index (χ2v) is 7.27. The molecule has 7 heteroatoms. The highest BCUT2D eigenvalue weighted by Gasteiger charge is 2.31. The molecule has 1 fully saturated rings. The number of nitrogens with zero attached hydrogens (tertiary/aromatic N) is 1. The Morgan fingerprint density at radius 1 is 1.14 bits per heavy atom. The Kier molecular flexibility index (Phi) is 7.01. The van der Waals surface area contributed by atoms with Gasteiger partial charge in [0.05, 0.1) is 12.5 Å². The third-order valence-corrected chi connectivity index (χ3v) is 5.02. The van der Waals surface area contributed by atoms with E-state index in [1.165, 1.54) is 12.1 Å². The van der Waals surface area contributed by atoms with Gasteiger partial charge in [0.2, 0.25) is 11.8 Å². The van der Waals surface area contributed by atoms with E-state index in [-0.39, 0.29) is 24.1 Å². The number of benzene rings is 2. The highest BCUT2D eigenvalue weighted by Crippen LogP contribution is 2.15. The number of amides is 2. The fourth-order valence-electron chi connectivity index (χ4n) is 3.24. The molecule has 1 heterocycles. The maximum atomic E-state index is 13.1. The summed E-state index contributed by atoms with van der Waals surface area (Å²) in [5.41, 5.74) is 1.99. The minimum atomic E-state index is -0.533. The van der Waals surface area contributed by atoms with Gasteiger partial charge in [0.1, 0.15) is 5.82 Å². The first-order chi connectivity index (χ1) is 13.5. The topological polar surface area (TPSA) is 61.4 Å². The summed E-state index contributed by atoms with van der Waals surface area (Å²) >= 11 is 5.87. The average Bonchev–Trinajstić information content (AvgIpc) is 2.68. The summed E-state index contributed by atoms with van der Waals surface area (Å²) in [5, 5.41) is 6.37. The molecule has 2 amide bonds. The van der Waals surface area contributed by atoms with Gasteiger partial charge in [-0.05, 0) is 41.8 Å². The Morgan fingerprint density at radius 2 is 1.82 bits per heavy atom. The third kappa shape index (κ3) is 5.78. The van der Waals surface area contributed by atoms with Crippen LogP contribution in [0.4, 0.5) is 4.39 Å². The van der Waals surface area contributed by atoms with Crippen LogP contribution >= 0.6 is 11.6 Å². The van der Waals surface area contributed by atoms with Crippen molar-refractivity contribution in [1.82, 2.24) is 15.5 Å². The lowest BCUT2D eigenvalue weighted by molar-refractivity contribution is -0.134. The Bertz CT molecular complexity index is 811. The molecular formula is C21H23ClFN3O2. The summed E-state index contributed by atoms with van der Waals surface area (Å²) in [4.78, 5) is 26.6. The Labute approximate surface area is 168 Å². The Hall–Kier alpha value is -2.44. The monoisotopic (exact) mass is 403 g/mol. The molecule has 3 rings (SSSR count). The van der Waals surface area contributed by atoms with Crippen LogP contribution in [0.2, 0.25) is 5.02 Å². The standard InChI is InChI=1S/C21H23ClFN3O2/c22-17-5-1-15(2-6-17)9-10-24-20(27)13-19-21(28)25-11-12-26(19)14-16-3-7-18(23)8-4-16/h1-8,19H,9-14H2,(H,24,27)(H,25,28). The predicted molar refractivity (Wildman–Crippen MR) is 106 cm³/mol. The van der Waals surface area contributed by atoms with Crippen LogP contribution in [-0.2, 0) is 22.6 Å². The van der Waals surface area contributed by atoms with Crippen molar-refractivity contribution in [3.05, 3.63) is 70.5 Å². The van der Waals surface area contributed by atoms with E-state index in [0.29, 0.717) is 37.6 Å². The molecule has 2 aromatic carbocycles. The number of nitrogens with one attached hydrogen (secondary N) is 2. The molecule has 148 valence electrons. The first-order valence-corrected chi connectivity index (χ1v) is 9.66. The van der Waals surface area contributed by atoms with Crippen LogP contribution in [0, 0.1) is 5.82 Å². The van der Waals surface area contributed by atoms with Crippen molar-refractivity contribution >= 4 is 23.4 Å². The number of halogens is 2. The molecule has 0 radical (unpaired) electrons. The molecular weight excluding hydrogens is 381 g/mol. The van der Waals surface area contributed by atoms with Crippen molar-refractivity contribution in [1.29, 1.82) is 0 Å². The molecule has 0 aliphatic carbocycles. The van der Waals surface area contributed by atoms with Crippen molar-refractivity contribution in [2.24, 2.45) is 0 Å². The quantitative estimate of drug-likeness (QED) is 0.746. The molecule has 5 nitrogen and oxygen atoms in total. The minimum Gasteiger partial charge on any atom is -0.356 e. The predicted octanol–water partition coefficient (Wildman–Crippen LogP) is 2.53. The normalized spacial score (nSPS) is 17.2. The van der Waals surface area contributed by atoms with Crippen molar-refractivity contribution in [2.75, 3.05) is 19.6 Å². The molecule has 1 atom stereocenters. The van der Waals surface area contributed by atoms with E-state index in [2.05, 4.69) is 10.6 Å². The van der Waals surface area contributed by atoms with Crippen LogP contribution in [-0.4, -0.2) is 42.4 Å². The molecule has 1 unspecified atom stereocenters. The highest BCUT2D eigenvalue weighted by atomic mass is 35.5. The van der Waals surface area contributed by atoms with E-state index in [1.54, 1.807) is 12.1 Å². The zero-order valence-corrected chi connectivity index (χ0v) is 16.2. The van der Waals surface area contributed by atoms with E-state index in [0.717, 1.165) is 11.1 Å². The van der Waals surface area contributed by atoms with Crippen molar-refractivity contribution < 1.29 is 14.0 Å². The Balaban J connectivity index is 1.52. The largest absolute Gasteiger partial charge is 0.356 e. The number of piperazine rings is 1. The fourth-order valence-corrected chi connectivity index (χ4v) is 3.37. The van der Waals surface area contributed by atoms with Gasteiger partial charge in [0.15, 0.2) is 0 Å². The minimum absolute atomic E-state index is 0.0909. The molecule has 0 bridgehead atoms. The maximum Gasteiger partial charge on any atom is 0.237 e. The molecule has 1 aliphatic heterocycles. The summed E-state index contributed by atoms with van der Waals surface area (Å²) in [5.74, 6) is -0.613. The van der Waals surface area contributed by atoms with Crippen LogP contribution in [0.15, 0.2) is 48.5 Å². The third-order valence-electron chi connectivity index (χ3n) is 4.77. The molecule has 0 saturated carbocycles. The molecule has 1 aliphatic rings. The van der Waals surface area contributed by atoms with Gasteiger partial charge in [-0.15, -0.1) is 0 Å². The summed E-state index contributed by atoms with van der Waals surface area (Å²) in [6, 6.07) is 13.2. The lowest BCUT2D eigenvalue weighted by Crippen LogP contribution is -2.56. The maximum absolute atomic E-state index is 13.1. The van der Waals surface area contributed by atoms with Crippen LogP contribution in [0.1, 0.15) is 17.5 Å². The van der Waals surface area contributed by atoms with E-state index >= 15 is 0 Å². The molecule has 2 N–H and O–H groups in total. The molecule has 0 aromatic heterocycles. The fraction of sp³-hybridized carbons (Fsp3) is 0.333. The second-order valence-electron chi connectivity index (χ2n) is 6.83. The van der Waals surface area contributed by atoms with Crippen molar-refractivity contribution in [3.8, 4) is 0 Å². The first-order valence-electron chi connectivity index (χ1n) is 9.28. The van der Waals surface area contributed by atoms with E-state index < -0.39 is 6.04 Å². The summed E-state index contributed by atoms with van der Waals surface area (Å²) in [6.07, 6.45) is 0.784. The zero-order chi connectivity index (χ0) is 19.9. The number of hydrogen-bond donors (Lipinski definition) is 2. The second kappa shape index (κ2) is 9.66. The van der Waals surface area contributed by atoms with Crippen LogP contribution in [0.3, 0.4) is 0 Å². The van der Waals surface area contributed by atoms with E-state index in [1.807, 2.05) is 29.2 Å². The van der Waals surface area contributed by atoms with Gasteiger partial charge in [-0.2, -0.15) is 0 Å². The number of carbonyl (C=O) groups is 2. The van der Waals surface area contributed by atoms with Crippen LogP contribution in [0.25, 0.3) is 0 Å². The number of rotatable bonds is 7. The van der Waals surface area contributed by atoms with Gasteiger partial charge in [0, 0.05) is 31.2 Å². The lowest BCUT2D eigenvalue weighted by atomic mass is 10.1. The first kappa shape index (κ1) is 20.3. The summed E-state index contributed by atoms with van der Waals surface area (Å²) in [7, 11) is 0. The van der Waals surface area contributed by atoms with Gasteiger partial charge < -0.3 is 10.6 Å². The van der Waals surface area contributed by atoms with E-state index in [9.17, 15) is 14.0 Å².